The molecule has 1 amide bonds. The van der Waals surface area contributed by atoms with E-state index < -0.39 is 5.79 Å². The SMILES string of the molecule is CNC(=O)c1ccc(NC2(Nc3ccccc3P(C)C)N=CNc3[nH]ccc32)c(OC)c1. The van der Waals surface area contributed by atoms with Crippen LogP contribution in [-0.4, -0.2) is 44.7 Å². The van der Waals surface area contributed by atoms with Crippen molar-refractivity contribution in [2.24, 2.45) is 4.99 Å². The Hall–Kier alpha value is -3.51. The van der Waals surface area contributed by atoms with Crippen LogP contribution in [-0.2, 0) is 5.79 Å². The van der Waals surface area contributed by atoms with Crippen molar-refractivity contribution in [2.45, 2.75) is 5.79 Å². The van der Waals surface area contributed by atoms with Gasteiger partial charge in [-0.2, -0.15) is 0 Å². The van der Waals surface area contributed by atoms with Crippen LogP contribution in [0.15, 0.2) is 59.7 Å². The minimum Gasteiger partial charge on any atom is -0.495 e. The maximum atomic E-state index is 12.1. The molecule has 0 aliphatic carbocycles. The smallest absolute Gasteiger partial charge is 0.251 e. The lowest BCUT2D eigenvalue weighted by molar-refractivity contribution is 0.0963. The molecule has 5 N–H and O–H groups in total. The number of rotatable bonds is 7. The second kappa shape index (κ2) is 8.93. The Kier molecular flexibility index (Phi) is 6.06. The molecule has 9 heteroatoms. The molecule has 0 spiro atoms. The number of fused-ring (bicyclic) bond motifs is 1. The molecule has 0 bridgehead atoms. The number of methoxy groups -OCH3 is 1. The van der Waals surface area contributed by atoms with Crippen LogP contribution in [0.3, 0.4) is 0 Å². The lowest BCUT2D eigenvalue weighted by Gasteiger charge is -2.37. The number of aromatic nitrogens is 1. The summed E-state index contributed by atoms with van der Waals surface area (Å²) in [6.45, 7) is 4.45. The third kappa shape index (κ3) is 4.01. The van der Waals surface area contributed by atoms with Gasteiger partial charge in [-0.1, -0.05) is 26.1 Å². The average Bonchev–Trinajstić information content (AvgIpc) is 3.29. The fraction of sp³-hybridized carbons (Fsp3) is 0.217. The van der Waals surface area contributed by atoms with E-state index in [9.17, 15) is 4.79 Å². The number of carbonyl (C=O) groups excluding carboxylic acids is 1. The first kappa shape index (κ1) is 21.7. The lowest BCUT2D eigenvalue weighted by Crippen LogP contribution is -2.45. The number of benzene rings is 2. The van der Waals surface area contributed by atoms with Gasteiger partial charge in [0.1, 0.15) is 11.6 Å². The number of H-pyrrole nitrogens is 1. The van der Waals surface area contributed by atoms with E-state index in [0.717, 1.165) is 17.1 Å². The molecule has 166 valence electrons. The number of anilines is 3. The topological polar surface area (TPSA) is 103 Å². The van der Waals surface area contributed by atoms with Crippen molar-refractivity contribution in [1.29, 1.82) is 0 Å². The van der Waals surface area contributed by atoms with Crippen LogP contribution in [0.1, 0.15) is 15.9 Å². The molecule has 1 atom stereocenters. The molecule has 2 heterocycles. The Balaban J connectivity index is 1.80. The van der Waals surface area contributed by atoms with Gasteiger partial charge in [0.2, 0.25) is 5.79 Å². The largest absolute Gasteiger partial charge is 0.495 e. The fourth-order valence-electron chi connectivity index (χ4n) is 3.72. The molecule has 4 rings (SSSR count). The van der Waals surface area contributed by atoms with E-state index in [-0.39, 0.29) is 13.8 Å². The number of carbonyl (C=O) groups is 1. The summed E-state index contributed by atoms with van der Waals surface area (Å²) in [4.78, 5) is 20.1. The molecule has 1 aromatic heterocycles. The highest BCUT2D eigenvalue weighted by Gasteiger charge is 2.38. The van der Waals surface area contributed by atoms with Gasteiger partial charge in [-0.3, -0.25) is 4.79 Å². The van der Waals surface area contributed by atoms with Gasteiger partial charge < -0.3 is 31.0 Å². The number of nitrogens with zero attached hydrogens (tertiary/aromatic N) is 1. The third-order valence-corrected chi connectivity index (χ3v) is 6.67. The van der Waals surface area contributed by atoms with Crippen LogP contribution in [0.4, 0.5) is 17.2 Å². The number of nitrogens with one attached hydrogen (secondary N) is 5. The second-order valence-corrected chi connectivity index (χ2v) is 9.81. The van der Waals surface area contributed by atoms with Crippen molar-refractivity contribution in [3.8, 4) is 5.75 Å². The Morgan fingerprint density at radius 3 is 2.62 bits per heavy atom. The van der Waals surface area contributed by atoms with E-state index >= 15 is 0 Å². The summed E-state index contributed by atoms with van der Waals surface area (Å²) in [5.41, 5.74) is 3.12. The Morgan fingerprint density at radius 1 is 1.09 bits per heavy atom. The van der Waals surface area contributed by atoms with E-state index in [2.05, 4.69) is 57.8 Å². The van der Waals surface area contributed by atoms with Gasteiger partial charge in [0, 0.05) is 24.5 Å². The molecule has 1 unspecified atom stereocenters. The van der Waals surface area contributed by atoms with E-state index in [0.29, 0.717) is 17.0 Å². The van der Waals surface area contributed by atoms with Gasteiger partial charge in [0.05, 0.1) is 24.7 Å². The van der Waals surface area contributed by atoms with Crippen molar-refractivity contribution < 1.29 is 9.53 Å². The zero-order valence-corrected chi connectivity index (χ0v) is 19.4. The highest BCUT2D eigenvalue weighted by molar-refractivity contribution is 7.64. The zero-order chi connectivity index (χ0) is 22.7. The number of hydrogen-bond donors (Lipinski definition) is 5. The molecular weight excluding hydrogens is 423 g/mol. The Labute approximate surface area is 188 Å². The molecule has 2 aromatic carbocycles. The first-order valence-electron chi connectivity index (χ1n) is 10.2. The van der Waals surface area contributed by atoms with Crippen molar-refractivity contribution in [3.63, 3.8) is 0 Å². The predicted octanol–water partition coefficient (Wildman–Crippen LogP) is 3.54. The summed E-state index contributed by atoms with van der Waals surface area (Å²) in [5, 5.41) is 14.2. The summed E-state index contributed by atoms with van der Waals surface area (Å²) in [7, 11) is 2.85. The van der Waals surface area contributed by atoms with Crippen molar-refractivity contribution >= 4 is 42.7 Å². The third-order valence-electron chi connectivity index (χ3n) is 5.31. The summed E-state index contributed by atoms with van der Waals surface area (Å²) >= 11 is 0. The van der Waals surface area contributed by atoms with Gasteiger partial charge in [-0.05, 0) is 49.0 Å². The van der Waals surface area contributed by atoms with Gasteiger partial charge in [0.15, 0.2) is 0 Å². The average molecular weight is 450 g/mol. The highest BCUT2D eigenvalue weighted by atomic mass is 31.1. The highest BCUT2D eigenvalue weighted by Crippen LogP contribution is 2.39. The molecule has 0 radical (unpaired) electrons. The van der Waals surface area contributed by atoms with Crippen LogP contribution in [0, 0.1) is 0 Å². The molecular formula is C23H27N6O2P. The van der Waals surface area contributed by atoms with E-state index in [4.69, 9.17) is 9.73 Å². The minimum absolute atomic E-state index is 0.177. The van der Waals surface area contributed by atoms with Crippen LogP contribution < -0.4 is 31.3 Å². The number of amides is 1. The molecule has 1 aliphatic rings. The minimum atomic E-state index is -0.996. The first-order valence-corrected chi connectivity index (χ1v) is 12.4. The molecule has 32 heavy (non-hydrogen) atoms. The van der Waals surface area contributed by atoms with E-state index in [1.54, 1.807) is 32.6 Å². The summed E-state index contributed by atoms with van der Waals surface area (Å²) < 4.78 is 5.61. The molecule has 0 saturated heterocycles. The standard InChI is InChI=1S/C23H27N6O2P/c1-24-22(30)15-9-10-17(19(13-15)31-2)28-23(16-11-12-25-21(16)26-14-27-23)29-18-7-5-6-8-20(18)32(3)4/h5-14,25,28-29H,1-4H3,(H,24,30)(H,26,27). The summed E-state index contributed by atoms with van der Waals surface area (Å²) in [6, 6.07) is 15.5. The second-order valence-electron chi connectivity index (χ2n) is 7.54. The van der Waals surface area contributed by atoms with Crippen LogP contribution in [0.25, 0.3) is 0 Å². The number of ether oxygens (including phenoxy) is 1. The maximum absolute atomic E-state index is 12.1. The summed E-state index contributed by atoms with van der Waals surface area (Å²) in [6.07, 6.45) is 3.53. The fourth-order valence-corrected chi connectivity index (χ4v) is 4.72. The number of para-hydroxylation sites is 1. The van der Waals surface area contributed by atoms with Gasteiger partial charge in [-0.15, -0.1) is 0 Å². The number of aromatic amines is 1. The molecule has 8 nitrogen and oxygen atoms in total. The van der Waals surface area contributed by atoms with Crippen LogP contribution >= 0.6 is 7.92 Å². The van der Waals surface area contributed by atoms with Gasteiger partial charge in [-0.25, -0.2) is 4.99 Å². The van der Waals surface area contributed by atoms with Crippen molar-refractivity contribution in [3.05, 3.63) is 65.9 Å². The quantitative estimate of drug-likeness (QED) is 0.280. The Bertz CT molecular complexity index is 1160. The normalized spacial score (nSPS) is 16.8. The Morgan fingerprint density at radius 2 is 1.88 bits per heavy atom. The van der Waals surface area contributed by atoms with E-state index in [1.807, 2.05) is 24.4 Å². The maximum Gasteiger partial charge on any atom is 0.251 e. The monoisotopic (exact) mass is 450 g/mol. The van der Waals surface area contributed by atoms with Gasteiger partial charge >= 0.3 is 0 Å². The zero-order valence-electron chi connectivity index (χ0n) is 18.5. The summed E-state index contributed by atoms with van der Waals surface area (Å²) in [5.74, 6) is 0.209. The molecule has 1 aliphatic heterocycles. The van der Waals surface area contributed by atoms with Crippen LogP contribution in [0.2, 0.25) is 0 Å². The lowest BCUT2D eigenvalue weighted by atomic mass is 10.1. The molecule has 0 saturated carbocycles. The van der Waals surface area contributed by atoms with Crippen molar-refractivity contribution in [1.82, 2.24) is 10.3 Å². The molecule has 0 fully saturated rings. The van der Waals surface area contributed by atoms with E-state index in [1.165, 1.54) is 5.30 Å². The number of hydrogen-bond acceptors (Lipinski definition) is 6. The number of aliphatic imine (C=N–C) groups is 1. The first-order chi connectivity index (χ1) is 15.5. The van der Waals surface area contributed by atoms with Crippen LogP contribution in [0.5, 0.6) is 5.75 Å². The molecule has 3 aromatic rings. The van der Waals surface area contributed by atoms with Crippen molar-refractivity contribution in [2.75, 3.05) is 43.4 Å². The van der Waals surface area contributed by atoms with Gasteiger partial charge in [0.25, 0.3) is 5.91 Å². The predicted molar refractivity (Wildman–Crippen MR) is 133 cm³/mol.